The monoisotopic (exact) mass is 130 g/mol. The van der Waals surface area contributed by atoms with Crippen LogP contribution in [-0.4, -0.2) is 31.1 Å². The first kappa shape index (κ1) is 6.63. The fourth-order valence-electron chi connectivity index (χ4n) is 0.478. The third-order valence-corrected chi connectivity index (χ3v) is 1.02. The molecule has 5 heteroatoms. The fraction of sp³-hybridized carbons (Fsp3) is 0.750. The lowest BCUT2D eigenvalue weighted by Gasteiger charge is -2.34. The van der Waals surface area contributed by atoms with Gasteiger partial charge in [-0.3, -0.25) is 4.99 Å². The molecule has 1 aliphatic rings. The number of nitrogens with one attached hydrogen (secondary N) is 1. The Morgan fingerprint density at radius 3 is 3.00 bits per heavy atom. The molecule has 52 valence electrons. The van der Waals surface area contributed by atoms with Crippen LogP contribution in [0.15, 0.2) is 4.99 Å². The average molecular weight is 130 g/mol. The zero-order chi connectivity index (χ0) is 6.69. The van der Waals surface area contributed by atoms with Crippen molar-refractivity contribution < 1.29 is 4.94 Å². The maximum absolute atomic E-state index is 10.6. The van der Waals surface area contributed by atoms with Crippen molar-refractivity contribution >= 4 is 6.21 Å². The van der Waals surface area contributed by atoms with Gasteiger partial charge in [-0.2, -0.15) is 5.48 Å². The molecule has 0 aromatic heterocycles. The maximum atomic E-state index is 10.6. The molecule has 0 aliphatic carbocycles. The largest absolute Gasteiger partial charge is 0.760 e. The van der Waals surface area contributed by atoms with Crippen molar-refractivity contribution in [2.45, 2.75) is 6.04 Å². The van der Waals surface area contributed by atoms with Crippen LogP contribution in [0, 0.1) is 5.21 Å². The van der Waals surface area contributed by atoms with E-state index in [4.69, 9.17) is 0 Å². The van der Waals surface area contributed by atoms with Crippen LogP contribution in [0.5, 0.6) is 0 Å². The molecule has 1 rings (SSSR count). The zero-order valence-corrected chi connectivity index (χ0v) is 5.07. The van der Waals surface area contributed by atoms with Crippen LogP contribution in [0.25, 0.3) is 0 Å². The Bertz CT molecular complexity index is 116. The van der Waals surface area contributed by atoms with Crippen molar-refractivity contribution in [3.8, 4) is 0 Å². The Kier molecular flexibility index (Phi) is 2.12. The Morgan fingerprint density at radius 2 is 2.67 bits per heavy atom. The van der Waals surface area contributed by atoms with Crippen LogP contribution in [0.4, 0.5) is 0 Å². The Balaban J connectivity index is 2.17. The minimum absolute atomic E-state index is 0.197. The summed E-state index contributed by atoms with van der Waals surface area (Å²) in [6.45, 7) is 0.533. The third-order valence-electron chi connectivity index (χ3n) is 1.02. The van der Waals surface area contributed by atoms with E-state index in [9.17, 15) is 5.21 Å². The number of hydroxylamine groups is 3. The van der Waals surface area contributed by atoms with E-state index in [2.05, 4.69) is 15.4 Å². The normalized spacial score (nSPS) is 24.6. The SMILES string of the molecule is CNON([O-])C1C=NC1. The van der Waals surface area contributed by atoms with Gasteiger partial charge in [0.25, 0.3) is 0 Å². The second-order valence-electron chi connectivity index (χ2n) is 1.66. The summed E-state index contributed by atoms with van der Waals surface area (Å²) in [6.07, 6.45) is 1.55. The van der Waals surface area contributed by atoms with Gasteiger partial charge in [0.15, 0.2) is 0 Å². The summed E-state index contributed by atoms with van der Waals surface area (Å²) in [6, 6.07) is -0.197. The Labute approximate surface area is 52.8 Å². The van der Waals surface area contributed by atoms with E-state index in [1.54, 1.807) is 6.21 Å². The molecule has 0 amide bonds. The number of nitrogens with zero attached hydrogens (tertiary/aromatic N) is 2. The molecule has 1 N–H and O–H groups in total. The van der Waals surface area contributed by atoms with Gasteiger partial charge < -0.3 is 5.21 Å². The van der Waals surface area contributed by atoms with Gasteiger partial charge in [0, 0.05) is 13.3 Å². The summed E-state index contributed by atoms with van der Waals surface area (Å²) in [4.78, 5) is 8.11. The molecule has 0 radical (unpaired) electrons. The lowest BCUT2D eigenvalue weighted by molar-refractivity contribution is -0.181. The predicted octanol–water partition coefficient (Wildman–Crippen LogP) is -0.695. The van der Waals surface area contributed by atoms with E-state index in [0.29, 0.717) is 11.8 Å². The lowest BCUT2D eigenvalue weighted by Crippen LogP contribution is -2.41. The topological polar surface area (TPSA) is 59.9 Å². The van der Waals surface area contributed by atoms with Crippen LogP contribution in [0.2, 0.25) is 0 Å². The van der Waals surface area contributed by atoms with E-state index in [-0.39, 0.29) is 6.04 Å². The van der Waals surface area contributed by atoms with Gasteiger partial charge in [0.2, 0.25) is 0 Å². The van der Waals surface area contributed by atoms with E-state index < -0.39 is 0 Å². The second kappa shape index (κ2) is 2.88. The molecule has 0 saturated carbocycles. The van der Waals surface area contributed by atoms with Gasteiger partial charge in [-0.15, -0.1) is 0 Å². The second-order valence-corrected chi connectivity index (χ2v) is 1.66. The molecular weight excluding hydrogens is 122 g/mol. The third kappa shape index (κ3) is 1.46. The van der Waals surface area contributed by atoms with Crippen LogP contribution in [0.3, 0.4) is 0 Å². The zero-order valence-electron chi connectivity index (χ0n) is 5.07. The highest BCUT2D eigenvalue weighted by Crippen LogP contribution is 2.01. The summed E-state index contributed by atoms with van der Waals surface area (Å²) >= 11 is 0. The molecular formula is C4H8N3O2-. The van der Waals surface area contributed by atoms with Crippen LogP contribution in [-0.2, 0) is 4.94 Å². The molecule has 5 nitrogen and oxygen atoms in total. The average Bonchev–Trinajstić information content (AvgIpc) is 1.60. The van der Waals surface area contributed by atoms with Crippen molar-refractivity contribution in [3.63, 3.8) is 0 Å². The predicted molar refractivity (Wildman–Crippen MR) is 32.5 cm³/mol. The lowest BCUT2D eigenvalue weighted by atomic mass is 10.3. The molecule has 9 heavy (non-hydrogen) atoms. The van der Waals surface area contributed by atoms with Gasteiger partial charge in [0.1, 0.15) is 0 Å². The highest BCUT2D eigenvalue weighted by atomic mass is 17.0. The molecule has 0 saturated heterocycles. The molecule has 0 aromatic carbocycles. The standard InChI is InChI=1S/C4H8N3O2/c1-5-9-7(8)4-2-6-3-4/h2,4-5H,3H2,1H3/q-1. The first-order valence-corrected chi connectivity index (χ1v) is 2.64. The number of rotatable bonds is 3. The van der Waals surface area contributed by atoms with E-state index >= 15 is 0 Å². The quantitative estimate of drug-likeness (QED) is 0.513. The van der Waals surface area contributed by atoms with E-state index in [0.717, 1.165) is 0 Å². The molecule has 0 aromatic rings. The molecule has 0 fully saturated rings. The summed E-state index contributed by atoms with van der Waals surface area (Å²) in [5, 5.41) is 11.0. The van der Waals surface area contributed by atoms with Crippen molar-refractivity contribution in [3.05, 3.63) is 5.21 Å². The first-order valence-electron chi connectivity index (χ1n) is 2.64. The Morgan fingerprint density at radius 1 is 2.00 bits per heavy atom. The maximum Gasteiger partial charge on any atom is 0.0780 e. The summed E-state index contributed by atoms with van der Waals surface area (Å²) in [5.74, 6) is 0. The molecule has 0 spiro atoms. The highest BCUT2D eigenvalue weighted by molar-refractivity contribution is 5.70. The van der Waals surface area contributed by atoms with Gasteiger partial charge in [-0.1, -0.05) is 0 Å². The first-order chi connectivity index (χ1) is 4.34. The van der Waals surface area contributed by atoms with Crippen LogP contribution >= 0.6 is 0 Å². The van der Waals surface area contributed by atoms with Gasteiger partial charge >= 0.3 is 0 Å². The number of hydrogen-bond acceptors (Lipinski definition) is 5. The van der Waals surface area contributed by atoms with E-state index in [1.165, 1.54) is 7.05 Å². The molecule has 1 unspecified atom stereocenters. The highest BCUT2D eigenvalue weighted by Gasteiger charge is 2.13. The minimum atomic E-state index is -0.197. The molecule has 0 bridgehead atoms. The van der Waals surface area contributed by atoms with Gasteiger partial charge in [-0.25, -0.2) is 10.2 Å². The summed E-state index contributed by atoms with van der Waals surface area (Å²) in [7, 11) is 1.53. The fourth-order valence-corrected chi connectivity index (χ4v) is 0.478. The van der Waals surface area contributed by atoms with Crippen LogP contribution < -0.4 is 5.48 Å². The molecule has 1 atom stereocenters. The molecule has 1 aliphatic heterocycles. The van der Waals surface area contributed by atoms with Crippen molar-refractivity contribution in [2.75, 3.05) is 13.6 Å². The van der Waals surface area contributed by atoms with Crippen molar-refractivity contribution in [2.24, 2.45) is 4.99 Å². The van der Waals surface area contributed by atoms with E-state index in [1.807, 2.05) is 0 Å². The smallest absolute Gasteiger partial charge is 0.0780 e. The number of hydrogen-bond donors (Lipinski definition) is 1. The molecule has 1 heterocycles. The number of aliphatic imine (C=N–C) groups is 1. The minimum Gasteiger partial charge on any atom is -0.760 e. The summed E-state index contributed by atoms with van der Waals surface area (Å²) in [5.41, 5.74) is 2.27. The summed E-state index contributed by atoms with van der Waals surface area (Å²) < 4.78 is 0. The van der Waals surface area contributed by atoms with Crippen LogP contribution in [0.1, 0.15) is 0 Å². The van der Waals surface area contributed by atoms with Gasteiger partial charge in [0.05, 0.1) is 12.6 Å². The Hall–Kier alpha value is -0.490. The van der Waals surface area contributed by atoms with Crippen molar-refractivity contribution in [1.29, 1.82) is 0 Å². The van der Waals surface area contributed by atoms with Gasteiger partial charge in [-0.05, 0) is 0 Å². The van der Waals surface area contributed by atoms with Crippen molar-refractivity contribution in [1.82, 2.24) is 10.7 Å².